The summed E-state index contributed by atoms with van der Waals surface area (Å²) in [7, 11) is 0. The fraction of sp³-hybridized carbons (Fsp3) is 0.667. The number of hydrogen-bond donors (Lipinski definition) is 0. The Hall–Kier alpha value is -1.21. The topological polar surface area (TPSA) is 54.5 Å². The van der Waals surface area contributed by atoms with E-state index in [9.17, 15) is 14.4 Å². The largest absolute Gasteiger partial charge is 0.287 e. The maximum Gasteiger partial charge on any atom is 0.233 e. The van der Waals surface area contributed by atoms with Gasteiger partial charge in [-0.3, -0.25) is 14.4 Å². The molecule has 0 fully saturated rings. The first-order valence-electron chi connectivity index (χ1n) is 12.6. The highest BCUT2D eigenvalue weighted by Crippen LogP contribution is 2.36. The van der Waals surface area contributed by atoms with Crippen LogP contribution in [0.25, 0.3) is 0 Å². The normalized spacial score (nSPS) is 13.9. The number of anilines is 1. The Labute approximate surface area is 217 Å². The minimum Gasteiger partial charge on any atom is -0.287 e. The molecule has 0 saturated carbocycles. The van der Waals surface area contributed by atoms with Crippen LogP contribution in [0.2, 0.25) is 0 Å². The van der Waals surface area contributed by atoms with Gasteiger partial charge < -0.3 is 0 Å². The lowest BCUT2D eigenvalue weighted by Gasteiger charge is -2.24. The lowest BCUT2D eigenvalue weighted by molar-refractivity contribution is -0.127. The first-order chi connectivity index (χ1) is 16.0. The maximum absolute atomic E-state index is 15.1. The smallest absolute Gasteiger partial charge is 0.233 e. The lowest BCUT2D eigenvalue weighted by Crippen LogP contribution is -2.38. The van der Waals surface area contributed by atoms with Crippen LogP contribution < -0.4 is 4.90 Å². The molecular weight excluding hydrogens is 517 g/mol. The summed E-state index contributed by atoms with van der Waals surface area (Å²) in [6.07, 6.45) is 5.71. The molecule has 0 saturated heterocycles. The van der Waals surface area contributed by atoms with Gasteiger partial charge in [0.05, 0.1) is 5.69 Å². The zero-order valence-corrected chi connectivity index (χ0v) is 24.0. The Bertz CT molecular complexity index is 806. The number of benzene rings is 1. The first kappa shape index (κ1) is 30.8. The molecule has 192 valence electrons. The number of carbonyl (C=O) groups is 3. The summed E-state index contributed by atoms with van der Waals surface area (Å²) in [6.45, 7) is 12.4. The van der Waals surface area contributed by atoms with E-state index in [2.05, 4.69) is 57.5 Å². The van der Waals surface area contributed by atoms with E-state index in [-0.39, 0.29) is 23.6 Å². The zero-order chi connectivity index (χ0) is 25.8. The van der Waals surface area contributed by atoms with Gasteiger partial charge in [0.15, 0.2) is 5.12 Å². The number of hydrogen-bond acceptors (Lipinski definition) is 4. The van der Waals surface area contributed by atoms with Gasteiger partial charge in [-0.05, 0) is 65.1 Å². The molecule has 1 aromatic carbocycles. The summed E-state index contributed by atoms with van der Waals surface area (Å²) >= 11 is 4.37. The van der Waals surface area contributed by atoms with E-state index >= 15 is 4.39 Å². The zero-order valence-electron chi connectivity index (χ0n) is 21.6. The van der Waals surface area contributed by atoms with E-state index in [0.29, 0.717) is 46.4 Å². The van der Waals surface area contributed by atoms with Gasteiger partial charge in [0.1, 0.15) is 5.82 Å². The maximum atomic E-state index is 15.1. The highest BCUT2D eigenvalue weighted by molar-refractivity contribution is 9.10. The highest BCUT2D eigenvalue weighted by atomic mass is 79.9. The van der Waals surface area contributed by atoms with E-state index in [4.69, 9.17) is 0 Å². The van der Waals surface area contributed by atoms with E-state index < -0.39 is 17.6 Å². The van der Waals surface area contributed by atoms with Crippen LogP contribution in [0.3, 0.4) is 0 Å². The van der Waals surface area contributed by atoms with Crippen LogP contribution in [0, 0.1) is 23.6 Å². The van der Waals surface area contributed by atoms with Crippen molar-refractivity contribution in [2.75, 3.05) is 4.90 Å². The minimum absolute atomic E-state index is 0.0173. The van der Waals surface area contributed by atoms with E-state index in [1.165, 1.54) is 12.1 Å². The second-order valence-electron chi connectivity index (χ2n) is 9.49. The standard InChI is InChI=1S/C27H41BrFNO3S/c1-7-18(4)10-13-25(31)30(26(32)14-11-19(5)8-2)23-17-24(21(28)16-22(23)29)34-27(33)15-12-20(6)9-3/h16-20H,7-15H2,1-6H3. The number of amides is 2. The van der Waals surface area contributed by atoms with Crippen LogP contribution in [-0.2, 0) is 14.4 Å². The van der Waals surface area contributed by atoms with Crippen molar-refractivity contribution in [3.8, 4) is 0 Å². The Balaban J connectivity index is 3.22. The Morgan fingerprint density at radius 3 is 1.74 bits per heavy atom. The Morgan fingerprint density at radius 1 is 0.853 bits per heavy atom. The van der Waals surface area contributed by atoms with Crippen molar-refractivity contribution < 1.29 is 18.8 Å². The molecule has 1 rings (SSSR count). The molecule has 0 aliphatic carbocycles. The average Bonchev–Trinajstić information content (AvgIpc) is 2.81. The van der Waals surface area contributed by atoms with Gasteiger partial charge in [-0.25, -0.2) is 9.29 Å². The SMILES string of the molecule is CCC(C)CCC(=O)Sc1cc(N(C(=O)CCC(C)CC)C(=O)CCC(C)CC)c(F)cc1Br. The molecule has 0 aliphatic rings. The minimum atomic E-state index is -0.656. The number of rotatable bonds is 14. The van der Waals surface area contributed by atoms with Gasteiger partial charge in [-0.2, -0.15) is 0 Å². The molecule has 0 aromatic heterocycles. The molecule has 7 heteroatoms. The number of halogens is 2. The molecule has 2 amide bonds. The second-order valence-corrected chi connectivity index (χ2v) is 11.4. The summed E-state index contributed by atoms with van der Waals surface area (Å²) in [5.41, 5.74) is -0.0660. The molecule has 3 unspecified atom stereocenters. The van der Waals surface area contributed by atoms with Crippen LogP contribution in [0.1, 0.15) is 99.3 Å². The fourth-order valence-electron chi connectivity index (χ4n) is 3.29. The first-order valence-corrected chi connectivity index (χ1v) is 14.2. The van der Waals surface area contributed by atoms with Crippen molar-refractivity contribution in [3.05, 3.63) is 22.4 Å². The van der Waals surface area contributed by atoms with Crippen molar-refractivity contribution in [3.63, 3.8) is 0 Å². The van der Waals surface area contributed by atoms with Crippen LogP contribution in [0.15, 0.2) is 21.5 Å². The summed E-state index contributed by atoms with van der Waals surface area (Å²) < 4.78 is 15.5. The molecular formula is C27H41BrFNO3S. The van der Waals surface area contributed by atoms with Gasteiger partial charge in [0.2, 0.25) is 11.8 Å². The highest BCUT2D eigenvalue weighted by Gasteiger charge is 2.28. The van der Waals surface area contributed by atoms with Crippen molar-refractivity contribution in [1.82, 2.24) is 0 Å². The predicted molar refractivity (Wildman–Crippen MR) is 144 cm³/mol. The molecule has 0 bridgehead atoms. The summed E-state index contributed by atoms with van der Waals surface area (Å²) in [6, 6.07) is 2.71. The lowest BCUT2D eigenvalue weighted by atomic mass is 10.0. The van der Waals surface area contributed by atoms with Crippen molar-refractivity contribution >= 4 is 50.3 Å². The molecule has 0 N–H and O–H groups in total. The molecule has 3 atom stereocenters. The van der Waals surface area contributed by atoms with Crippen LogP contribution in [0.4, 0.5) is 10.1 Å². The van der Waals surface area contributed by atoms with Crippen LogP contribution in [0.5, 0.6) is 0 Å². The number of carbonyl (C=O) groups excluding carboxylic acids is 3. The molecule has 34 heavy (non-hydrogen) atoms. The summed E-state index contributed by atoms with van der Waals surface area (Å²) in [5, 5.41) is -0.0173. The molecule has 1 aromatic rings. The van der Waals surface area contributed by atoms with Crippen molar-refractivity contribution in [2.24, 2.45) is 17.8 Å². The molecule has 0 aliphatic heterocycles. The molecule has 0 spiro atoms. The van der Waals surface area contributed by atoms with E-state index in [0.717, 1.165) is 42.3 Å². The Morgan fingerprint density at radius 2 is 1.29 bits per heavy atom. The predicted octanol–water partition coefficient (Wildman–Crippen LogP) is 8.55. The average molecular weight is 559 g/mol. The van der Waals surface area contributed by atoms with E-state index in [1.54, 1.807) is 0 Å². The third-order valence-corrected chi connectivity index (χ3v) is 8.51. The quantitative estimate of drug-likeness (QED) is 0.215. The summed E-state index contributed by atoms with van der Waals surface area (Å²) in [5.74, 6) is -0.310. The summed E-state index contributed by atoms with van der Waals surface area (Å²) in [4.78, 5) is 40.4. The number of imide groups is 1. The second kappa shape index (κ2) is 15.7. The third kappa shape index (κ3) is 10.2. The van der Waals surface area contributed by atoms with Crippen LogP contribution in [-0.4, -0.2) is 16.9 Å². The van der Waals surface area contributed by atoms with Gasteiger partial charge >= 0.3 is 0 Å². The monoisotopic (exact) mass is 557 g/mol. The molecule has 4 nitrogen and oxygen atoms in total. The van der Waals surface area contributed by atoms with Gasteiger partial charge in [0.25, 0.3) is 0 Å². The third-order valence-electron chi connectivity index (χ3n) is 6.60. The van der Waals surface area contributed by atoms with Crippen molar-refractivity contribution in [1.29, 1.82) is 0 Å². The number of thioether (sulfide) groups is 1. The number of nitrogens with zero attached hydrogens (tertiary/aromatic N) is 1. The van der Waals surface area contributed by atoms with Crippen molar-refractivity contribution in [2.45, 2.75) is 104 Å². The molecule has 0 radical (unpaired) electrons. The molecule has 0 heterocycles. The van der Waals surface area contributed by atoms with Gasteiger partial charge in [0, 0.05) is 28.6 Å². The van der Waals surface area contributed by atoms with E-state index in [1.807, 2.05) is 0 Å². The van der Waals surface area contributed by atoms with Crippen LogP contribution >= 0.6 is 27.7 Å². The Kier molecular flexibility index (Phi) is 14.2. The van der Waals surface area contributed by atoms with Gasteiger partial charge in [-0.15, -0.1) is 0 Å². The fourth-order valence-corrected chi connectivity index (χ4v) is 4.64. The van der Waals surface area contributed by atoms with Gasteiger partial charge in [-0.1, -0.05) is 72.6 Å².